The first-order valence-electron chi connectivity index (χ1n) is 7.94. The number of hydrogen-bond donors (Lipinski definition) is 1. The Kier molecular flexibility index (Phi) is 3.30. The lowest BCUT2D eigenvalue weighted by molar-refractivity contribution is 0.318. The Balaban J connectivity index is 1.85. The number of benzene rings is 3. The Hall–Kier alpha value is -2.74. The van der Waals surface area contributed by atoms with E-state index in [4.69, 9.17) is 4.74 Å². The molecule has 23 heavy (non-hydrogen) atoms. The van der Waals surface area contributed by atoms with Crippen LogP contribution in [0.1, 0.15) is 18.1 Å². The molecule has 2 nitrogen and oxygen atoms in total. The minimum Gasteiger partial charge on any atom is -0.504 e. The zero-order valence-electron chi connectivity index (χ0n) is 13.0. The van der Waals surface area contributed by atoms with Crippen molar-refractivity contribution in [1.29, 1.82) is 0 Å². The standard InChI is InChI=1S/C21H18O2/c1-2-23-21-13-15(10-11-20(21)22)17-8-5-9-18-16-7-4-3-6-14(16)12-19(17)18/h3-11,13,22H,2,12H2,1H3. The van der Waals surface area contributed by atoms with Gasteiger partial charge in [0.05, 0.1) is 6.61 Å². The van der Waals surface area contributed by atoms with Crippen LogP contribution in [-0.4, -0.2) is 11.7 Å². The van der Waals surface area contributed by atoms with Gasteiger partial charge in [0, 0.05) is 0 Å². The summed E-state index contributed by atoms with van der Waals surface area (Å²) >= 11 is 0. The lowest BCUT2D eigenvalue weighted by atomic mass is 9.95. The van der Waals surface area contributed by atoms with Crippen molar-refractivity contribution in [2.75, 3.05) is 6.61 Å². The topological polar surface area (TPSA) is 29.5 Å². The summed E-state index contributed by atoms with van der Waals surface area (Å²) in [6.45, 7) is 2.46. The fraction of sp³-hybridized carbons (Fsp3) is 0.143. The quantitative estimate of drug-likeness (QED) is 0.575. The van der Waals surface area contributed by atoms with Crippen LogP contribution in [0.4, 0.5) is 0 Å². The Bertz CT molecular complexity index is 881. The van der Waals surface area contributed by atoms with Gasteiger partial charge >= 0.3 is 0 Å². The van der Waals surface area contributed by atoms with Crippen LogP contribution >= 0.6 is 0 Å². The van der Waals surface area contributed by atoms with Gasteiger partial charge in [0.25, 0.3) is 0 Å². The molecule has 114 valence electrons. The van der Waals surface area contributed by atoms with E-state index in [-0.39, 0.29) is 5.75 Å². The fourth-order valence-electron chi connectivity index (χ4n) is 3.38. The van der Waals surface area contributed by atoms with Gasteiger partial charge in [0.1, 0.15) is 0 Å². The van der Waals surface area contributed by atoms with Crippen molar-refractivity contribution in [2.45, 2.75) is 13.3 Å². The number of phenols is 1. The minimum absolute atomic E-state index is 0.187. The molecule has 0 amide bonds. The molecule has 3 aromatic carbocycles. The Morgan fingerprint density at radius 3 is 2.57 bits per heavy atom. The predicted molar refractivity (Wildman–Crippen MR) is 93.0 cm³/mol. The molecule has 0 unspecified atom stereocenters. The second-order valence-electron chi connectivity index (χ2n) is 5.78. The molecule has 0 atom stereocenters. The molecular weight excluding hydrogens is 284 g/mol. The number of ether oxygens (including phenoxy) is 1. The normalized spacial score (nSPS) is 11.9. The van der Waals surface area contributed by atoms with Crippen LogP contribution < -0.4 is 4.74 Å². The summed E-state index contributed by atoms with van der Waals surface area (Å²) < 4.78 is 5.53. The van der Waals surface area contributed by atoms with E-state index >= 15 is 0 Å². The number of aromatic hydroxyl groups is 1. The third-order valence-electron chi connectivity index (χ3n) is 4.42. The highest BCUT2D eigenvalue weighted by Crippen LogP contribution is 2.42. The highest BCUT2D eigenvalue weighted by Gasteiger charge is 2.21. The second kappa shape index (κ2) is 5.47. The molecule has 1 N–H and O–H groups in total. The molecule has 0 spiro atoms. The molecule has 0 heterocycles. The lowest BCUT2D eigenvalue weighted by Crippen LogP contribution is -1.93. The van der Waals surface area contributed by atoms with E-state index in [0.717, 1.165) is 12.0 Å². The summed E-state index contributed by atoms with van der Waals surface area (Å²) in [6, 6.07) is 20.6. The van der Waals surface area contributed by atoms with E-state index in [1.165, 1.54) is 27.8 Å². The van der Waals surface area contributed by atoms with Crippen molar-refractivity contribution in [2.24, 2.45) is 0 Å². The molecule has 2 heteroatoms. The van der Waals surface area contributed by atoms with Gasteiger partial charge in [-0.3, -0.25) is 0 Å². The molecule has 4 rings (SSSR count). The lowest BCUT2D eigenvalue weighted by Gasteiger charge is -2.12. The van der Waals surface area contributed by atoms with E-state index in [2.05, 4.69) is 42.5 Å². The van der Waals surface area contributed by atoms with E-state index in [1.54, 1.807) is 6.07 Å². The highest BCUT2D eigenvalue weighted by molar-refractivity contribution is 5.85. The van der Waals surface area contributed by atoms with Gasteiger partial charge in [-0.15, -0.1) is 0 Å². The summed E-state index contributed by atoms with van der Waals surface area (Å²) in [5, 5.41) is 9.92. The van der Waals surface area contributed by atoms with Crippen LogP contribution in [0.2, 0.25) is 0 Å². The van der Waals surface area contributed by atoms with Gasteiger partial charge in [-0.1, -0.05) is 48.5 Å². The van der Waals surface area contributed by atoms with Gasteiger partial charge in [-0.05, 0) is 58.9 Å². The Morgan fingerprint density at radius 1 is 0.913 bits per heavy atom. The van der Waals surface area contributed by atoms with Gasteiger partial charge in [-0.2, -0.15) is 0 Å². The summed E-state index contributed by atoms with van der Waals surface area (Å²) in [7, 11) is 0. The molecule has 0 aromatic heterocycles. The van der Waals surface area contributed by atoms with Crippen molar-refractivity contribution in [3.63, 3.8) is 0 Å². The highest BCUT2D eigenvalue weighted by atomic mass is 16.5. The number of phenolic OH excluding ortho intramolecular Hbond substituents is 1. The van der Waals surface area contributed by atoms with Gasteiger partial charge in [-0.25, -0.2) is 0 Å². The molecule has 3 aromatic rings. The van der Waals surface area contributed by atoms with E-state index in [9.17, 15) is 5.11 Å². The van der Waals surface area contributed by atoms with Gasteiger partial charge in [0.2, 0.25) is 0 Å². The average Bonchev–Trinajstić information content (AvgIpc) is 2.96. The monoisotopic (exact) mass is 302 g/mol. The van der Waals surface area contributed by atoms with Crippen LogP contribution in [0.5, 0.6) is 11.5 Å². The molecule has 1 aliphatic carbocycles. The maximum absolute atomic E-state index is 9.92. The van der Waals surface area contributed by atoms with Crippen LogP contribution in [0.3, 0.4) is 0 Å². The first-order valence-corrected chi connectivity index (χ1v) is 7.94. The van der Waals surface area contributed by atoms with Crippen LogP contribution in [-0.2, 0) is 6.42 Å². The van der Waals surface area contributed by atoms with E-state index in [1.807, 2.05) is 19.1 Å². The summed E-state index contributed by atoms with van der Waals surface area (Å²) in [6.07, 6.45) is 0.951. The van der Waals surface area contributed by atoms with Crippen molar-refractivity contribution < 1.29 is 9.84 Å². The summed E-state index contributed by atoms with van der Waals surface area (Å²) in [4.78, 5) is 0. The zero-order valence-corrected chi connectivity index (χ0v) is 13.0. The summed E-state index contributed by atoms with van der Waals surface area (Å²) in [5.41, 5.74) is 7.65. The summed E-state index contributed by atoms with van der Waals surface area (Å²) in [5.74, 6) is 0.726. The third-order valence-corrected chi connectivity index (χ3v) is 4.42. The minimum atomic E-state index is 0.187. The van der Waals surface area contributed by atoms with Crippen molar-refractivity contribution in [3.05, 3.63) is 71.8 Å². The molecule has 0 saturated heterocycles. The van der Waals surface area contributed by atoms with Crippen LogP contribution in [0.15, 0.2) is 60.7 Å². The fourth-order valence-corrected chi connectivity index (χ4v) is 3.38. The first-order chi connectivity index (χ1) is 11.3. The number of fused-ring (bicyclic) bond motifs is 3. The molecule has 0 aliphatic heterocycles. The molecule has 1 aliphatic rings. The predicted octanol–water partition coefficient (Wildman–Crippen LogP) is 5.03. The molecule has 0 fully saturated rings. The smallest absolute Gasteiger partial charge is 0.161 e. The maximum Gasteiger partial charge on any atom is 0.161 e. The Labute approximate surface area is 136 Å². The van der Waals surface area contributed by atoms with Gasteiger partial charge < -0.3 is 9.84 Å². The molecule has 0 saturated carbocycles. The van der Waals surface area contributed by atoms with Crippen molar-refractivity contribution >= 4 is 0 Å². The number of hydrogen-bond acceptors (Lipinski definition) is 2. The first kappa shape index (κ1) is 13.9. The average molecular weight is 302 g/mol. The second-order valence-corrected chi connectivity index (χ2v) is 5.78. The van der Waals surface area contributed by atoms with Crippen molar-refractivity contribution in [1.82, 2.24) is 0 Å². The molecular formula is C21H18O2. The zero-order chi connectivity index (χ0) is 15.8. The molecule has 0 bridgehead atoms. The van der Waals surface area contributed by atoms with Crippen LogP contribution in [0.25, 0.3) is 22.3 Å². The maximum atomic E-state index is 9.92. The van der Waals surface area contributed by atoms with Crippen LogP contribution in [0, 0.1) is 0 Å². The number of rotatable bonds is 3. The largest absolute Gasteiger partial charge is 0.504 e. The molecule has 0 radical (unpaired) electrons. The Morgan fingerprint density at radius 2 is 1.70 bits per heavy atom. The van der Waals surface area contributed by atoms with Gasteiger partial charge in [0.15, 0.2) is 11.5 Å². The SMILES string of the molecule is CCOc1cc(-c2cccc3c2Cc2ccccc2-3)ccc1O. The van der Waals surface area contributed by atoms with E-state index < -0.39 is 0 Å². The van der Waals surface area contributed by atoms with Crippen molar-refractivity contribution in [3.8, 4) is 33.8 Å². The van der Waals surface area contributed by atoms with E-state index in [0.29, 0.717) is 12.4 Å². The third kappa shape index (κ3) is 2.27.